The lowest BCUT2D eigenvalue weighted by Gasteiger charge is -2.30. The minimum Gasteiger partial charge on any atom is -1.00 e. The van der Waals surface area contributed by atoms with Gasteiger partial charge in [0.05, 0.1) is 0 Å². The molecule has 33 heavy (non-hydrogen) atoms. The van der Waals surface area contributed by atoms with Gasteiger partial charge in [-0.15, -0.1) is 0 Å². The van der Waals surface area contributed by atoms with Gasteiger partial charge >= 0.3 is 0 Å². The lowest BCUT2D eigenvalue weighted by Crippen LogP contribution is -3.00. The van der Waals surface area contributed by atoms with Crippen LogP contribution in [0.15, 0.2) is 114 Å². The number of rotatable bonds is 7. The van der Waals surface area contributed by atoms with Gasteiger partial charge in [-0.05, 0) is 69.2 Å². The molecule has 172 valence electrons. The molecule has 0 N–H and O–H groups in total. The average molecular weight is 521 g/mol. The zero-order valence-corrected chi connectivity index (χ0v) is 22.2. The molecule has 0 unspecified atom stereocenters. The first-order valence-electron chi connectivity index (χ1n) is 11.8. The van der Waals surface area contributed by atoms with Crippen LogP contribution in [-0.2, 0) is 4.74 Å². The van der Waals surface area contributed by atoms with Crippen LogP contribution in [-0.4, -0.2) is 6.61 Å². The monoisotopic (exact) mass is 520 g/mol. The molecule has 3 heteroatoms. The maximum atomic E-state index is 6.59. The molecule has 1 nitrogen and oxygen atoms in total. The smallest absolute Gasteiger partial charge is 0.143 e. The van der Waals surface area contributed by atoms with E-state index in [9.17, 15) is 0 Å². The van der Waals surface area contributed by atoms with E-state index in [1.807, 2.05) is 0 Å². The van der Waals surface area contributed by atoms with E-state index in [0.717, 1.165) is 12.8 Å². The summed E-state index contributed by atoms with van der Waals surface area (Å²) in [5.74, 6) is 1.23. The van der Waals surface area contributed by atoms with Crippen molar-refractivity contribution < 1.29 is 21.7 Å². The summed E-state index contributed by atoms with van der Waals surface area (Å²) < 4.78 is 6.59. The fourth-order valence-electron chi connectivity index (χ4n) is 4.73. The van der Waals surface area contributed by atoms with Crippen molar-refractivity contribution in [1.82, 2.24) is 0 Å². The quantitative estimate of drug-likeness (QED) is 0.336. The summed E-state index contributed by atoms with van der Waals surface area (Å²) in [7, 11) is -2.04. The summed E-state index contributed by atoms with van der Waals surface area (Å²) in [6.07, 6.45) is 8.00. The van der Waals surface area contributed by atoms with Crippen LogP contribution in [0, 0.1) is 0 Å². The maximum absolute atomic E-state index is 6.59. The van der Waals surface area contributed by atoms with Crippen LogP contribution in [0.1, 0.15) is 46.0 Å². The van der Waals surface area contributed by atoms with Gasteiger partial charge in [0.2, 0.25) is 0 Å². The molecule has 0 atom stereocenters. The normalized spacial score (nSPS) is 14.1. The number of hydrogen-bond acceptors (Lipinski definition) is 1. The number of ether oxygens (including phenoxy) is 1. The van der Waals surface area contributed by atoms with Gasteiger partial charge < -0.3 is 21.7 Å². The first kappa shape index (κ1) is 25.5. The zero-order chi connectivity index (χ0) is 22.2. The molecular formula is C30H34BrOP. The second-order valence-corrected chi connectivity index (χ2v) is 12.1. The summed E-state index contributed by atoms with van der Waals surface area (Å²) in [4.78, 5) is 0. The third kappa shape index (κ3) is 5.68. The standard InChI is InChI=1S/C30H34OP.BrH/c1-25(2)23-24-31-29-21-13-6-14-22-30(29)32(26-15-7-3-8-16-26,27-17-9-4-10-18-27)28-19-11-5-12-20-28;/h3-5,7-12,15-20,23H,6,13-14,21-22,24H2,1-2H3;1H/q+1;/p-1. The Bertz CT molecular complexity index is 958. The van der Waals surface area contributed by atoms with Gasteiger partial charge in [0.1, 0.15) is 40.9 Å². The zero-order valence-electron chi connectivity index (χ0n) is 19.7. The van der Waals surface area contributed by atoms with Crippen molar-refractivity contribution in [3.8, 4) is 0 Å². The molecule has 1 aliphatic rings. The van der Waals surface area contributed by atoms with Gasteiger partial charge in [-0.2, -0.15) is 0 Å². The molecular weight excluding hydrogens is 487 g/mol. The van der Waals surface area contributed by atoms with Crippen LogP contribution >= 0.6 is 7.26 Å². The van der Waals surface area contributed by atoms with Gasteiger partial charge in [-0.3, -0.25) is 0 Å². The van der Waals surface area contributed by atoms with Crippen molar-refractivity contribution in [2.75, 3.05) is 6.61 Å². The summed E-state index contributed by atoms with van der Waals surface area (Å²) in [6.45, 7) is 4.93. The van der Waals surface area contributed by atoms with Crippen molar-refractivity contribution in [3.63, 3.8) is 0 Å². The third-order valence-corrected chi connectivity index (χ3v) is 10.7. The lowest BCUT2D eigenvalue weighted by atomic mass is 10.2. The van der Waals surface area contributed by atoms with Crippen molar-refractivity contribution >= 4 is 23.2 Å². The molecule has 0 aromatic heterocycles. The van der Waals surface area contributed by atoms with Crippen molar-refractivity contribution in [3.05, 3.63) is 114 Å². The molecule has 3 aromatic carbocycles. The topological polar surface area (TPSA) is 9.23 Å². The molecule has 0 radical (unpaired) electrons. The van der Waals surface area contributed by atoms with Crippen molar-refractivity contribution in [1.29, 1.82) is 0 Å². The van der Waals surface area contributed by atoms with E-state index in [1.54, 1.807) is 0 Å². The summed E-state index contributed by atoms with van der Waals surface area (Å²) in [5, 5.41) is 5.77. The number of halogens is 1. The fourth-order valence-corrected chi connectivity index (χ4v) is 9.46. The second kappa shape index (κ2) is 12.4. The Morgan fingerprint density at radius 3 is 1.61 bits per heavy atom. The van der Waals surface area contributed by atoms with E-state index in [4.69, 9.17) is 4.74 Å². The Hall–Kier alpha value is -2.15. The Morgan fingerprint density at radius 2 is 1.15 bits per heavy atom. The molecule has 3 aromatic rings. The summed E-state index contributed by atoms with van der Waals surface area (Å²) in [5.41, 5.74) is 1.30. The Balaban J connectivity index is 0.00000306. The van der Waals surface area contributed by atoms with E-state index in [2.05, 4.69) is 111 Å². The predicted octanol–water partition coefficient (Wildman–Crippen LogP) is 4.14. The predicted molar refractivity (Wildman–Crippen MR) is 141 cm³/mol. The van der Waals surface area contributed by atoms with Gasteiger partial charge in [0, 0.05) is 12.8 Å². The summed E-state index contributed by atoms with van der Waals surface area (Å²) in [6, 6.07) is 33.5. The minimum absolute atomic E-state index is 0. The van der Waals surface area contributed by atoms with Gasteiger partial charge in [-0.25, -0.2) is 0 Å². The minimum atomic E-state index is -2.04. The molecule has 1 aliphatic carbocycles. The Labute approximate surface area is 210 Å². The molecule has 4 rings (SSSR count). The van der Waals surface area contributed by atoms with Crippen molar-refractivity contribution in [2.45, 2.75) is 46.0 Å². The molecule has 0 heterocycles. The highest BCUT2D eigenvalue weighted by molar-refractivity contribution is 7.99. The molecule has 0 saturated carbocycles. The number of benzene rings is 3. The largest absolute Gasteiger partial charge is 1.00 e. The average Bonchev–Trinajstić information content (AvgIpc) is 3.08. The van der Waals surface area contributed by atoms with Crippen LogP contribution < -0.4 is 32.9 Å². The van der Waals surface area contributed by atoms with E-state index >= 15 is 0 Å². The van der Waals surface area contributed by atoms with E-state index < -0.39 is 7.26 Å². The molecule has 0 fully saturated rings. The van der Waals surface area contributed by atoms with Crippen LogP contribution in [0.4, 0.5) is 0 Å². The third-order valence-electron chi connectivity index (χ3n) is 6.22. The van der Waals surface area contributed by atoms with Gasteiger partial charge in [0.15, 0.2) is 0 Å². The van der Waals surface area contributed by atoms with Crippen LogP contribution in [0.5, 0.6) is 0 Å². The summed E-state index contributed by atoms with van der Waals surface area (Å²) >= 11 is 0. The molecule has 0 bridgehead atoms. The van der Waals surface area contributed by atoms with Crippen LogP contribution in [0.2, 0.25) is 0 Å². The highest BCUT2D eigenvalue weighted by Crippen LogP contribution is 2.65. The van der Waals surface area contributed by atoms with Crippen LogP contribution in [0.25, 0.3) is 0 Å². The van der Waals surface area contributed by atoms with E-state index in [0.29, 0.717) is 6.61 Å². The maximum Gasteiger partial charge on any atom is 0.143 e. The van der Waals surface area contributed by atoms with E-state index in [-0.39, 0.29) is 17.0 Å². The molecule has 0 spiro atoms. The molecule has 0 amide bonds. The van der Waals surface area contributed by atoms with E-state index in [1.165, 1.54) is 51.8 Å². The Kier molecular flexibility index (Phi) is 9.53. The van der Waals surface area contributed by atoms with Crippen LogP contribution in [0.3, 0.4) is 0 Å². The lowest BCUT2D eigenvalue weighted by molar-refractivity contribution is -0.00000715. The first-order valence-corrected chi connectivity index (χ1v) is 13.6. The Morgan fingerprint density at radius 1 is 0.697 bits per heavy atom. The SMILES string of the molecule is CC(C)=CCOC1=C([P+](c2ccccc2)(c2ccccc2)c2ccccc2)CCCCC1.[Br-]. The second-order valence-electron chi connectivity index (χ2n) is 8.70. The first-order chi connectivity index (χ1) is 15.7. The highest BCUT2D eigenvalue weighted by atomic mass is 79.9. The fraction of sp³-hybridized carbons (Fsp3) is 0.267. The molecule has 0 saturated heterocycles. The number of allylic oxidation sites excluding steroid dienone is 3. The molecule has 0 aliphatic heterocycles. The number of hydrogen-bond donors (Lipinski definition) is 0. The highest BCUT2D eigenvalue weighted by Gasteiger charge is 2.51. The van der Waals surface area contributed by atoms with Gasteiger partial charge in [-0.1, -0.05) is 66.6 Å². The van der Waals surface area contributed by atoms with Gasteiger partial charge in [0.25, 0.3) is 0 Å². The van der Waals surface area contributed by atoms with Crippen molar-refractivity contribution in [2.24, 2.45) is 0 Å².